The van der Waals surface area contributed by atoms with Crippen molar-refractivity contribution in [1.82, 2.24) is 0 Å². The fraction of sp³-hybridized carbons (Fsp3) is 0.571. The second-order valence-electron chi connectivity index (χ2n) is 6.06. The van der Waals surface area contributed by atoms with Crippen molar-refractivity contribution in [3.05, 3.63) is 36.5 Å². The van der Waals surface area contributed by atoms with Crippen LogP contribution in [0.2, 0.25) is 0 Å². The largest absolute Gasteiger partial charge is 0.198 e. The van der Waals surface area contributed by atoms with E-state index in [1.54, 1.807) is 0 Å². The van der Waals surface area contributed by atoms with E-state index in [0.717, 1.165) is 44.9 Å². The summed E-state index contributed by atoms with van der Waals surface area (Å²) in [5.41, 5.74) is 0. The van der Waals surface area contributed by atoms with Crippen LogP contribution in [0.15, 0.2) is 36.5 Å². The van der Waals surface area contributed by atoms with Gasteiger partial charge in [-0.25, -0.2) is 0 Å². The fourth-order valence-corrected chi connectivity index (χ4v) is 2.21. The van der Waals surface area contributed by atoms with Crippen LogP contribution in [0.5, 0.6) is 0 Å². The van der Waals surface area contributed by atoms with Gasteiger partial charge < -0.3 is 0 Å². The number of nitriles is 3. The number of rotatable bonds is 12. The second kappa shape index (κ2) is 15.6. The first kappa shape index (κ1) is 21.7. The van der Waals surface area contributed by atoms with E-state index in [2.05, 4.69) is 36.4 Å². The van der Waals surface area contributed by atoms with E-state index in [9.17, 15) is 5.26 Å². The molecule has 0 radical (unpaired) electrons. The van der Waals surface area contributed by atoms with Crippen LogP contribution in [0.1, 0.15) is 58.8 Å². The summed E-state index contributed by atoms with van der Waals surface area (Å²) >= 11 is 0. The Labute approximate surface area is 147 Å². The van der Waals surface area contributed by atoms with Gasteiger partial charge in [-0.3, -0.25) is 0 Å². The third-order valence-corrected chi connectivity index (χ3v) is 3.85. The summed E-state index contributed by atoms with van der Waals surface area (Å²) < 4.78 is 0. The molecular formula is C21H29N3. The van der Waals surface area contributed by atoms with E-state index in [1.807, 2.05) is 32.1 Å². The van der Waals surface area contributed by atoms with Crippen molar-refractivity contribution in [3.8, 4) is 18.2 Å². The summed E-state index contributed by atoms with van der Waals surface area (Å²) in [6, 6.07) is 6.89. The van der Waals surface area contributed by atoms with Crippen molar-refractivity contribution >= 4 is 0 Å². The molecule has 0 aromatic heterocycles. The van der Waals surface area contributed by atoms with Crippen LogP contribution < -0.4 is 0 Å². The first-order valence-electron chi connectivity index (χ1n) is 8.77. The average Bonchev–Trinajstić information content (AvgIpc) is 2.61. The van der Waals surface area contributed by atoms with Crippen LogP contribution >= 0.6 is 0 Å². The first-order valence-corrected chi connectivity index (χ1v) is 8.77. The fourth-order valence-electron chi connectivity index (χ4n) is 2.21. The van der Waals surface area contributed by atoms with E-state index >= 15 is 0 Å². The average molecular weight is 323 g/mol. The summed E-state index contributed by atoms with van der Waals surface area (Å²) in [6.45, 7) is 3.87. The Morgan fingerprint density at radius 2 is 1.21 bits per heavy atom. The lowest BCUT2D eigenvalue weighted by molar-refractivity contribution is 0.606. The highest BCUT2D eigenvalue weighted by Crippen LogP contribution is 2.14. The maximum Gasteiger partial charge on any atom is 0.0659 e. The molecule has 0 saturated heterocycles. The molecule has 0 saturated carbocycles. The van der Waals surface area contributed by atoms with E-state index in [4.69, 9.17) is 10.5 Å². The third kappa shape index (κ3) is 12.3. The predicted molar refractivity (Wildman–Crippen MR) is 98.4 cm³/mol. The van der Waals surface area contributed by atoms with Crippen LogP contribution in [-0.2, 0) is 0 Å². The minimum absolute atomic E-state index is 0.0362. The molecular weight excluding hydrogens is 294 g/mol. The molecule has 3 heteroatoms. The van der Waals surface area contributed by atoms with E-state index in [-0.39, 0.29) is 17.8 Å². The van der Waals surface area contributed by atoms with Crippen LogP contribution in [0.25, 0.3) is 0 Å². The molecule has 0 aromatic rings. The summed E-state index contributed by atoms with van der Waals surface area (Å²) in [7, 11) is 0. The first-order chi connectivity index (χ1) is 11.7. The van der Waals surface area contributed by atoms with Crippen molar-refractivity contribution in [3.63, 3.8) is 0 Å². The van der Waals surface area contributed by atoms with E-state index < -0.39 is 0 Å². The molecule has 0 spiro atoms. The van der Waals surface area contributed by atoms with Crippen LogP contribution in [0, 0.1) is 51.7 Å². The van der Waals surface area contributed by atoms with Crippen LogP contribution in [0.3, 0.4) is 0 Å². The monoisotopic (exact) mass is 323 g/mol. The van der Waals surface area contributed by atoms with Gasteiger partial charge >= 0.3 is 0 Å². The van der Waals surface area contributed by atoms with Crippen molar-refractivity contribution in [2.45, 2.75) is 58.8 Å². The van der Waals surface area contributed by atoms with E-state index in [0.29, 0.717) is 0 Å². The maximum absolute atomic E-state index is 9.19. The zero-order valence-electron chi connectivity index (χ0n) is 15.0. The van der Waals surface area contributed by atoms with Crippen molar-refractivity contribution < 1.29 is 0 Å². The molecule has 0 aliphatic carbocycles. The number of nitrogens with zero attached hydrogens (tertiary/aromatic N) is 3. The highest BCUT2D eigenvalue weighted by atomic mass is 14.3. The molecule has 0 rings (SSSR count). The molecule has 3 nitrogen and oxygen atoms in total. The lowest BCUT2D eigenvalue weighted by Crippen LogP contribution is -1.95. The molecule has 0 aliphatic heterocycles. The van der Waals surface area contributed by atoms with Gasteiger partial charge in [0.1, 0.15) is 0 Å². The third-order valence-electron chi connectivity index (χ3n) is 3.85. The van der Waals surface area contributed by atoms with Crippen molar-refractivity contribution in [2.75, 3.05) is 0 Å². The van der Waals surface area contributed by atoms with Crippen LogP contribution in [0.4, 0.5) is 0 Å². The molecule has 0 aliphatic rings. The minimum Gasteiger partial charge on any atom is -0.198 e. The maximum atomic E-state index is 9.19. The van der Waals surface area contributed by atoms with Crippen molar-refractivity contribution in [1.29, 1.82) is 15.8 Å². The Balaban J connectivity index is 3.95. The molecule has 3 unspecified atom stereocenters. The topological polar surface area (TPSA) is 71.4 Å². The molecule has 24 heavy (non-hydrogen) atoms. The summed E-state index contributed by atoms with van der Waals surface area (Å²) in [6.07, 6.45) is 18.1. The molecule has 0 amide bonds. The smallest absolute Gasteiger partial charge is 0.0659 e. The Morgan fingerprint density at radius 1 is 0.708 bits per heavy atom. The standard InChI is InChI=1S/C21H29N3/c1-3-4-12-20(17-23)13-9-6-10-15-21(18-24)14-8-5-7-11-19(2)16-22/h3-7,10,19-21H,8-9,11-15H2,1-2H3/b4-3+,7-5+,10-6+. The highest BCUT2D eigenvalue weighted by molar-refractivity contribution is 4.96. The molecule has 128 valence electrons. The van der Waals surface area contributed by atoms with E-state index in [1.165, 1.54) is 0 Å². The van der Waals surface area contributed by atoms with Gasteiger partial charge in [0, 0.05) is 5.92 Å². The summed E-state index contributed by atoms with van der Waals surface area (Å²) in [4.78, 5) is 0. The molecule has 0 heterocycles. The number of hydrogen-bond donors (Lipinski definition) is 0. The van der Waals surface area contributed by atoms with Gasteiger partial charge in [-0.15, -0.1) is 0 Å². The minimum atomic E-state index is 0.0362. The quantitative estimate of drug-likeness (QED) is 0.423. The van der Waals surface area contributed by atoms with Gasteiger partial charge in [0.05, 0.1) is 30.0 Å². The van der Waals surface area contributed by atoms with Gasteiger partial charge in [0.2, 0.25) is 0 Å². The number of allylic oxidation sites excluding steroid dienone is 6. The van der Waals surface area contributed by atoms with Crippen LogP contribution in [-0.4, -0.2) is 0 Å². The van der Waals surface area contributed by atoms with Gasteiger partial charge in [-0.05, 0) is 58.8 Å². The highest BCUT2D eigenvalue weighted by Gasteiger charge is 2.05. The van der Waals surface area contributed by atoms with Gasteiger partial charge in [0.15, 0.2) is 0 Å². The molecule has 3 atom stereocenters. The van der Waals surface area contributed by atoms with Gasteiger partial charge in [-0.1, -0.05) is 36.5 Å². The zero-order chi connectivity index (χ0) is 18.0. The Kier molecular flexibility index (Phi) is 14.1. The molecule has 0 aromatic carbocycles. The van der Waals surface area contributed by atoms with Gasteiger partial charge in [-0.2, -0.15) is 15.8 Å². The zero-order valence-corrected chi connectivity index (χ0v) is 15.0. The summed E-state index contributed by atoms with van der Waals surface area (Å²) in [5, 5.41) is 26.9. The Morgan fingerprint density at radius 3 is 1.67 bits per heavy atom. The van der Waals surface area contributed by atoms with Crippen molar-refractivity contribution in [2.24, 2.45) is 17.8 Å². The lowest BCUT2D eigenvalue weighted by Gasteiger charge is -2.05. The SMILES string of the molecule is C/C=C/CC(C#N)CC/C=C/CC(C#N)CC/C=C/CC(C)C#N. The summed E-state index contributed by atoms with van der Waals surface area (Å²) in [5.74, 6) is 0.175. The predicted octanol–water partition coefficient (Wildman–Crippen LogP) is 5.84. The molecule has 0 bridgehead atoms. The second-order valence-corrected chi connectivity index (χ2v) is 6.06. The lowest BCUT2D eigenvalue weighted by atomic mass is 9.98. The molecule has 0 N–H and O–H groups in total. The molecule has 0 fully saturated rings. The van der Waals surface area contributed by atoms with Gasteiger partial charge in [0.25, 0.3) is 0 Å². The Bertz CT molecular complexity index is 523. The normalized spacial score (nSPS) is 15.1. The Hall–Kier alpha value is -2.31. The number of hydrogen-bond acceptors (Lipinski definition) is 3.